The van der Waals surface area contributed by atoms with E-state index in [1.807, 2.05) is 61.5 Å². The first-order chi connectivity index (χ1) is 20.0. The van der Waals surface area contributed by atoms with E-state index in [2.05, 4.69) is 5.32 Å². The molecule has 0 unspecified atom stereocenters. The molecule has 0 radical (unpaired) electrons. The molecule has 3 aromatic rings. The first-order valence-electron chi connectivity index (χ1n) is 14.5. The van der Waals surface area contributed by atoms with Crippen LogP contribution in [0.25, 0.3) is 0 Å². The molecule has 1 N–H and O–H groups in total. The highest BCUT2D eigenvalue weighted by atomic mass is 35.5. The Balaban J connectivity index is 1.75. The van der Waals surface area contributed by atoms with Crippen LogP contribution in [0.5, 0.6) is 0 Å². The lowest BCUT2D eigenvalue weighted by Crippen LogP contribution is -2.55. The van der Waals surface area contributed by atoms with Crippen LogP contribution in [0.1, 0.15) is 54.4 Å². The highest BCUT2D eigenvalue weighted by Gasteiger charge is 2.34. The molecule has 2 amide bonds. The Hall–Kier alpha value is -3.36. The minimum absolute atomic E-state index is 0.0570. The van der Waals surface area contributed by atoms with Gasteiger partial charge in [-0.3, -0.25) is 13.9 Å². The molecule has 9 heteroatoms. The lowest BCUT2D eigenvalue weighted by molar-refractivity contribution is -0.140. The van der Waals surface area contributed by atoms with Crippen molar-refractivity contribution in [1.82, 2.24) is 10.2 Å². The van der Waals surface area contributed by atoms with Crippen LogP contribution in [0.3, 0.4) is 0 Å². The zero-order chi connectivity index (χ0) is 30.3. The van der Waals surface area contributed by atoms with Crippen LogP contribution in [0.15, 0.2) is 72.8 Å². The van der Waals surface area contributed by atoms with E-state index in [-0.39, 0.29) is 18.5 Å². The van der Waals surface area contributed by atoms with E-state index < -0.39 is 28.5 Å². The Morgan fingerprint density at radius 2 is 1.60 bits per heavy atom. The van der Waals surface area contributed by atoms with Gasteiger partial charge in [0.2, 0.25) is 21.8 Å². The number of sulfonamides is 1. The second-order valence-electron chi connectivity index (χ2n) is 11.2. The van der Waals surface area contributed by atoms with Crippen molar-refractivity contribution < 1.29 is 18.0 Å². The van der Waals surface area contributed by atoms with Crippen LogP contribution < -0.4 is 9.62 Å². The standard InChI is InChI=1S/C33H40ClN3O4S/c1-24-13-10-11-16-27(24)22-36(32(38)23-37(42(3,40)41)30-20-12-19-29(34)25(30)2)31(21-26-14-6-4-7-15-26)33(39)35-28-17-8-5-9-18-28/h4,6-7,10-16,19-20,28,31H,5,8-9,17-18,21-23H2,1-3H3,(H,35,39)/t31-/m0/s1. The molecule has 0 aliphatic heterocycles. The zero-order valence-corrected chi connectivity index (χ0v) is 26.1. The second kappa shape index (κ2) is 14.2. The number of anilines is 1. The van der Waals surface area contributed by atoms with Crippen molar-refractivity contribution in [1.29, 1.82) is 0 Å². The van der Waals surface area contributed by atoms with Crippen molar-refractivity contribution in [2.45, 2.75) is 71.0 Å². The molecule has 1 atom stereocenters. The van der Waals surface area contributed by atoms with E-state index in [4.69, 9.17) is 11.6 Å². The summed E-state index contributed by atoms with van der Waals surface area (Å²) in [6, 6.07) is 21.5. The summed E-state index contributed by atoms with van der Waals surface area (Å²) in [5.41, 5.74) is 3.67. The van der Waals surface area contributed by atoms with Gasteiger partial charge >= 0.3 is 0 Å². The lowest BCUT2D eigenvalue weighted by atomic mass is 9.94. The number of aryl methyl sites for hydroxylation is 1. The van der Waals surface area contributed by atoms with Gasteiger partial charge in [0.1, 0.15) is 12.6 Å². The summed E-state index contributed by atoms with van der Waals surface area (Å²) in [5, 5.41) is 3.63. The monoisotopic (exact) mass is 609 g/mol. The number of carbonyl (C=O) groups excluding carboxylic acids is 2. The molecule has 0 heterocycles. The summed E-state index contributed by atoms with van der Waals surface area (Å²) in [6.07, 6.45) is 6.46. The predicted molar refractivity (Wildman–Crippen MR) is 169 cm³/mol. The minimum atomic E-state index is -3.87. The molecule has 1 aliphatic rings. The molecule has 4 rings (SSSR count). The fourth-order valence-corrected chi connectivity index (χ4v) is 6.60. The Bertz CT molecular complexity index is 1490. The number of rotatable bonds is 11. The molecule has 0 spiro atoms. The largest absolute Gasteiger partial charge is 0.352 e. The van der Waals surface area contributed by atoms with Crippen LogP contribution in [0.4, 0.5) is 5.69 Å². The van der Waals surface area contributed by atoms with Crippen LogP contribution >= 0.6 is 11.6 Å². The molecule has 42 heavy (non-hydrogen) atoms. The van der Waals surface area contributed by atoms with Gasteiger partial charge in [0.25, 0.3) is 0 Å². The summed E-state index contributed by atoms with van der Waals surface area (Å²) in [6.45, 7) is 3.38. The Kier molecular flexibility index (Phi) is 10.7. The zero-order valence-electron chi connectivity index (χ0n) is 24.6. The third-order valence-corrected chi connectivity index (χ3v) is 9.55. The quantitative estimate of drug-likeness (QED) is 0.297. The van der Waals surface area contributed by atoms with E-state index in [0.717, 1.165) is 59.4 Å². The minimum Gasteiger partial charge on any atom is -0.352 e. The van der Waals surface area contributed by atoms with Gasteiger partial charge < -0.3 is 10.2 Å². The lowest BCUT2D eigenvalue weighted by Gasteiger charge is -2.35. The first kappa shape index (κ1) is 31.6. The van der Waals surface area contributed by atoms with Crippen LogP contribution in [0, 0.1) is 13.8 Å². The average Bonchev–Trinajstić information content (AvgIpc) is 2.96. The molecule has 7 nitrogen and oxygen atoms in total. The number of benzene rings is 3. The Morgan fingerprint density at radius 3 is 2.26 bits per heavy atom. The van der Waals surface area contributed by atoms with Gasteiger partial charge in [-0.25, -0.2) is 8.42 Å². The van der Waals surface area contributed by atoms with Crippen molar-refractivity contribution in [3.8, 4) is 0 Å². The van der Waals surface area contributed by atoms with Gasteiger partial charge in [-0.05, 0) is 61.1 Å². The maximum atomic E-state index is 14.3. The van der Waals surface area contributed by atoms with Crippen LogP contribution in [0.2, 0.25) is 5.02 Å². The second-order valence-corrected chi connectivity index (χ2v) is 13.5. The third kappa shape index (κ3) is 8.13. The molecule has 3 aromatic carbocycles. The summed E-state index contributed by atoms with van der Waals surface area (Å²) in [4.78, 5) is 29.9. The van der Waals surface area contributed by atoms with E-state index in [1.165, 1.54) is 0 Å². The molecular formula is C33H40ClN3O4S. The summed E-state index contributed by atoms with van der Waals surface area (Å²) in [5.74, 6) is -0.694. The van der Waals surface area contributed by atoms with Crippen molar-refractivity contribution in [3.05, 3.63) is 100 Å². The Labute approximate surface area is 254 Å². The van der Waals surface area contributed by atoms with Gasteiger partial charge in [-0.1, -0.05) is 91.5 Å². The van der Waals surface area contributed by atoms with E-state index in [1.54, 1.807) is 30.0 Å². The van der Waals surface area contributed by atoms with Crippen molar-refractivity contribution in [2.75, 3.05) is 17.1 Å². The van der Waals surface area contributed by atoms with Gasteiger partial charge in [0.05, 0.1) is 11.9 Å². The van der Waals surface area contributed by atoms with Crippen LogP contribution in [-0.4, -0.2) is 50.0 Å². The van der Waals surface area contributed by atoms with Gasteiger partial charge in [-0.15, -0.1) is 0 Å². The SMILES string of the molecule is Cc1ccccc1CN(C(=O)CN(c1cccc(Cl)c1C)S(C)(=O)=O)[C@@H](Cc1ccccc1)C(=O)NC1CCCCC1. The summed E-state index contributed by atoms with van der Waals surface area (Å²) >= 11 is 6.34. The third-order valence-electron chi connectivity index (χ3n) is 8.01. The number of hydrogen-bond donors (Lipinski definition) is 1. The van der Waals surface area contributed by atoms with Gasteiger partial charge in [-0.2, -0.15) is 0 Å². The maximum absolute atomic E-state index is 14.3. The fourth-order valence-electron chi connectivity index (χ4n) is 5.53. The van der Waals surface area contributed by atoms with Crippen LogP contribution in [-0.2, 0) is 32.6 Å². The molecule has 0 aromatic heterocycles. The number of nitrogens with one attached hydrogen (secondary N) is 1. The number of nitrogens with zero attached hydrogens (tertiary/aromatic N) is 2. The smallest absolute Gasteiger partial charge is 0.244 e. The van der Waals surface area contributed by atoms with Crippen molar-refractivity contribution in [2.24, 2.45) is 0 Å². The molecule has 1 aliphatic carbocycles. The normalized spacial score (nSPS) is 14.7. The number of amides is 2. The van der Waals surface area contributed by atoms with E-state index >= 15 is 0 Å². The van der Waals surface area contributed by atoms with Gasteiger partial charge in [0.15, 0.2) is 0 Å². The first-order valence-corrected chi connectivity index (χ1v) is 16.7. The summed E-state index contributed by atoms with van der Waals surface area (Å²) in [7, 11) is -3.87. The predicted octanol–water partition coefficient (Wildman–Crippen LogP) is 5.81. The van der Waals surface area contributed by atoms with Crippen molar-refractivity contribution >= 4 is 39.1 Å². The maximum Gasteiger partial charge on any atom is 0.244 e. The molecule has 1 saturated carbocycles. The van der Waals surface area contributed by atoms with E-state index in [9.17, 15) is 18.0 Å². The van der Waals surface area contributed by atoms with Crippen molar-refractivity contribution in [3.63, 3.8) is 0 Å². The van der Waals surface area contributed by atoms with Gasteiger partial charge in [0, 0.05) is 24.0 Å². The fraction of sp³-hybridized carbons (Fsp3) is 0.394. The molecule has 0 saturated heterocycles. The topological polar surface area (TPSA) is 86.8 Å². The molecule has 224 valence electrons. The molecular weight excluding hydrogens is 570 g/mol. The molecule has 1 fully saturated rings. The highest BCUT2D eigenvalue weighted by molar-refractivity contribution is 7.92. The number of carbonyl (C=O) groups is 2. The van der Waals surface area contributed by atoms with E-state index in [0.29, 0.717) is 22.7 Å². The molecule has 0 bridgehead atoms. The highest BCUT2D eigenvalue weighted by Crippen LogP contribution is 2.29. The Morgan fingerprint density at radius 1 is 0.929 bits per heavy atom. The average molecular weight is 610 g/mol. The number of halogens is 1. The summed E-state index contributed by atoms with van der Waals surface area (Å²) < 4.78 is 27.2. The number of hydrogen-bond acceptors (Lipinski definition) is 4.